The van der Waals surface area contributed by atoms with E-state index in [0.717, 1.165) is 11.4 Å². The summed E-state index contributed by atoms with van der Waals surface area (Å²) in [5.41, 5.74) is 1.93. The number of nitrogens with one attached hydrogen (secondary N) is 2. The second-order valence-electron chi connectivity index (χ2n) is 8.33. The van der Waals surface area contributed by atoms with Crippen LogP contribution in [0.25, 0.3) is 11.5 Å². The lowest BCUT2D eigenvalue weighted by molar-refractivity contribution is 0.0925. The van der Waals surface area contributed by atoms with Gasteiger partial charge < -0.3 is 10.3 Å². The van der Waals surface area contributed by atoms with Gasteiger partial charge in [-0.1, -0.05) is 26.8 Å². The van der Waals surface area contributed by atoms with Gasteiger partial charge in [0.15, 0.2) is 5.82 Å². The molecule has 0 aliphatic carbocycles. The lowest BCUT2D eigenvalue weighted by atomic mass is 9.92. The number of pyridine rings is 1. The van der Waals surface area contributed by atoms with Crippen LogP contribution in [0.15, 0.2) is 41.3 Å². The number of aromatic amines is 1. The highest BCUT2D eigenvalue weighted by Gasteiger charge is 2.24. The molecule has 0 aliphatic rings. The number of amides is 1. The molecule has 0 aliphatic heterocycles. The van der Waals surface area contributed by atoms with Crippen molar-refractivity contribution in [2.75, 3.05) is 12.0 Å². The molecule has 0 aromatic carbocycles. The van der Waals surface area contributed by atoms with Crippen molar-refractivity contribution in [1.82, 2.24) is 30.0 Å². The van der Waals surface area contributed by atoms with Gasteiger partial charge in [-0.25, -0.2) is 4.98 Å². The normalized spacial score (nSPS) is 12.5. The van der Waals surface area contributed by atoms with Gasteiger partial charge in [-0.3, -0.25) is 19.3 Å². The molecule has 1 amide bonds. The van der Waals surface area contributed by atoms with E-state index < -0.39 is 6.04 Å². The molecule has 0 spiro atoms. The Morgan fingerprint density at radius 3 is 2.68 bits per heavy atom. The van der Waals surface area contributed by atoms with E-state index in [1.54, 1.807) is 41.8 Å². The fourth-order valence-electron chi connectivity index (χ4n) is 3.09. The molecule has 0 bridgehead atoms. The molecule has 0 fully saturated rings. The Morgan fingerprint density at radius 1 is 1.29 bits per heavy atom. The van der Waals surface area contributed by atoms with E-state index in [1.165, 1.54) is 6.07 Å². The number of hydrogen-bond acceptors (Lipinski definition) is 6. The Morgan fingerprint density at radius 2 is 2.06 bits per heavy atom. The van der Waals surface area contributed by atoms with E-state index >= 15 is 0 Å². The SMILES string of the molecule is CSCC[C@@H](NC(=O)c1cc(C(C)(C)C)nn1C)c1cc(=O)[nH]c(-c2ccccn2)n1. The molecule has 9 heteroatoms. The predicted molar refractivity (Wildman–Crippen MR) is 123 cm³/mol. The lowest BCUT2D eigenvalue weighted by Crippen LogP contribution is -2.32. The van der Waals surface area contributed by atoms with Crippen molar-refractivity contribution in [3.05, 3.63) is 64.0 Å². The average molecular weight is 441 g/mol. The Labute approximate surface area is 185 Å². The van der Waals surface area contributed by atoms with Gasteiger partial charge >= 0.3 is 0 Å². The molecular weight excluding hydrogens is 412 g/mol. The molecule has 0 saturated heterocycles. The van der Waals surface area contributed by atoms with Crippen LogP contribution in [-0.2, 0) is 12.5 Å². The second kappa shape index (κ2) is 9.47. The third-order valence-electron chi connectivity index (χ3n) is 4.82. The number of nitrogens with zero attached hydrogens (tertiary/aromatic N) is 4. The summed E-state index contributed by atoms with van der Waals surface area (Å²) in [6.07, 6.45) is 4.28. The summed E-state index contributed by atoms with van der Waals surface area (Å²) in [5.74, 6) is 0.928. The molecule has 164 valence electrons. The van der Waals surface area contributed by atoms with Gasteiger partial charge in [-0.05, 0) is 36.6 Å². The summed E-state index contributed by atoms with van der Waals surface area (Å²) in [6.45, 7) is 6.16. The van der Waals surface area contributed by atoms with Crippen LogP contribution in [0.4, 0.5) is 0 Å². The molecule has 3 aromatic rings. The fraction of sp³-hybridized carbons (Fsp3) is 0.409. The molecule has 3 aromatic heterocycles. The number of H-pyrrole nitrogens is 1. The van der Waals surface area contributed by atoms with E-state index in [2.05, 4.69) is 46.1 Å². The molecule has 31 heavy (non-hydrogen) atoms. The van der Waals surface area contributed by atoms with Crippen molar-refractivity contribution < 1.29 is 4.79 Å². The zero-order chi connectivity index (χ0) is 22.6. The number of hydrogen-bond donors (Lipinski definition) is 2. The van der Waals surface area contributed by atoms with Crippen LogP contribution >= 0.6 is 11.8 Å². The molecule has 0 unspecified atom stereocenters. The smallest absolute Gasteiger partial charge is 0.270 e. The maximum absolute atomic E-state index is 13.1. The zero-order valence-electron chi connectivity index (χ0n) is 18.5. The van der Waals surface area contributed by atoms with Crippen LogP contribution in [0.3, 0.4) is 0 Å². The monoisotopic (exact) mass is 440 g/mol. The summed E-state index contributed by atoms with van der Waals surface area (Å²) in [5, 5.41) is 7.53. The average Bonchev–Trinajstić information content (AvgIpc) is 3.13. The highest BCUT2D eigenvalue weighted by molar-refractivity contribution is 7.98. The van der Waals surface area contributed by atoms with Gasteiger partial charge in [0.1, 0.15) is 11.4 Å². The topological polar surface area (TPSA) is 106 Å². The van der Waals surface area contributed by atoms with Crippen LogP contribution in [0, 0.1) is 0 Å². The largest absolute Gasteiger partial charge is 0.342 e. The van der Waals surface area contributed by atoms with Gasteiger partial charge in [-0.15, -0.1) is 0 Å². The summed E-state index contributed by atoms with van der Waals surface area (Å²) in [7, 11) is 1.76. The minimum atomic E-state index is -0.419. The first-order valence-corrected chi connectivity index (χ1v) is 11.5. The van der Waals surface area contributed by atoms with E-state index in [-0.39, 0.29) is 16.9 Å². The molecule has 3 heterocycles. The standard InChI is InChI=1S/C22H28N6O2S/c1-22(2,3)18-13-17(28(4)27-18)21(30)25-14(9-11-31-5)16-12-19(29)26-20(24-16)15-8-6-7-10-23-15/h6-8,10,12-14H,9,11H2,1-5H3,(H,25,30)(H,24,26,29)/t14-/m1/s1. The number of carbonyl (C=O) groups excluding carboxylic acids is 1. The van der Waals surface area contributed by atoms with E-state index in [0.29, 0.717) is 29.3 Å². The molecule has 3 rings (SSSR count). The Balaban J connectivity index is 1.93. The molecular formula is C22H28N6O2S. The maximum atomic E-state index is 13.1. The van der Waals surface area contributed by atoms with Gasteiger partial charge in [-0.2, -0.15) is 16.9 Å². The number of aromatic nitrogens is 5. The van der Waals surface area contributed by atoms with Crippen LogP contribution < -0.4 is 10.9 Å². The van der Waals surface area contributed by atoms with E-state index in [1.807, 2.05) is 18.4 Å². The lowest BCUT2D eigenvalue weighted by Gasteiger charge is -2.18. The predicted octanol–water partition coefficient (Wildman–Crippen LogP) is 3.09. The minimum absolute atomic E-state index is 0.166. The summed E-state index contributed by atoms with van der Waals surface area (Å²) in [6, 6.07) is 8.23. The highest BCUT2D eigenvalue weighted by atomic mass is 32.2. The first-order chi connectivity index (χ1) is 14.7. The number of carbonyl (C=O) groups is 1. The summed E-state index contributed by atoms with van der Waals surface area (Å²) >= 11 is 1.67. The van der Waals surface area contributed by atoms with Gasteiger partial charge in [0.2, 0.25) is 0 Å². The van der Waals surface area contributed by atoms with Crippen molar-refractivity contribution in [2.45, 2.75) is 38.6 Å². The van der Waals surface area contributed by atoms with Crippen molar-refractivity contribution in [1.29, 1.82) is 0 Å². The molecule has 1 atom stereocenters. The highest BCUT2D eigenvalue weighted by Crippen LogP contribution is 2.23. The molecule has 0 saturated carbocycles. The van der Waals surface area contributed by atoms with Gasteiger partial charge in [0.25, 0.3) is 11.5 Å². The van der Waals surface area contributed by atoms with Gasteiger partial charge in [0.05, 0.1) is 17.4 Å². The minimum Gasteiger partial charge on any atom is -0.342 e. The first-order valence-electron chi connectivity index (χ1n) is 10.1. The van der Waals surface area contributed by atoms with Crippen molar-refractivity contribution >= 4 is 17.7 Å². The van der Waals surface area contributed by atoms with Crippen molar-refractivity contribution in [3.63, 3.8) is 0 Å². The summed E-state index contributed by atoms with van der Waals surface area (Å²) < 4.78 is 1.59. The van der Waals surface area contributed by atoms with Crippen LogP contribution in [0.2, 0.25) is 0 Å². The second-order valence-corrected chi connectivity index (χ2v) is 9.32. The molecule has 0 radical (unpaired) electrons. The van der Waals surface area contributed by atoms with Crippen LogP contribution in [0.1, 0.15) is 55.1 Å². The Kier molecular flexibility index (Phi) is 6.94. The van der Waals surface area contributed by atoms with Crippen LogP contribution in [-0.4, -0.2) is 42.6 Å². The van der Waals surface area contributed by atoms with Crippen molar-refractivity contribution in [3.8, 4) is 11.5 Å². The Hall–Kier alpha value is -2.94. The van der Waals surface area contributed by atoms with E-state index in [4.69, 9.17) is 0 Å². The third-order valence-corrected chi connectivity index (χ3v) is 5.47. The van der Waals surface area contributed by atoms with Gasteiger partial charge in [0, 0.05) is 24.7 Å². The third kappa shape index (κ3) is 5.61. The zero-order valence-corrected chi connectivity index (χ0v) is 19.3. The molecule has 2 N–H and O–H groups in total. The number of aryl methyl sites for hydroxylation is 1. The molecule has 8 nitrogen and oxygen atoms in total. The first kappa shape index (κ1) is 22.7. The fourth-order valence-corrected chi connectivity index (χ4v) is 3.56. The number of thioether (sulfide) groups is 1. The maximum Gasteiger partial charge on any atom is 0.270 e. The quantitative estimate of drug-likeness (QED) is 0.585. The number of rotatable bonds is 7. The van der Waals surface area contributed by atoms with E-state index in [9.17, 15) is 9.59 Å². The van der Waals surface area contributed by atoms with Crippen LogP contribution in [0.5, 0.6) is 0 Å². The Bertz CT molecular complexity index is 1100. The summed E-state index contributed by atoms with van der Waals surface area (Å²) in [4.78, 5) is 37.0. The van der Waals surface area contributed by atoms with Crippen molar-refractivity contribution in [2.24, 2.45) is 7.05 Å².